The van der Waals surface area contributed by atoms with Gasteiger partial charge in [0, 0.05) is 6.04 Å². The average molecular weight is 297 g/mol. The maximum absolute atomic E-state index is 11.9. The molecule has 1 atom stereocenters. The highest BCUT2D eigenvalue weighted by molar-refractivity contribution is 7.89. The molecule has 3 nitrogen and oxygen atoms in total. The lowest BCUT2D eigenvalue weighted by Gasteiger charge is -2.20. The number of hydrogen-bond acceptors (Lipinski definition) is 2. The van der Waals surface area contributed by atoms with E-state index >= 15 is 0 Å². The van der Waals surface area contributed by atoms with E-state index < -0.39 is 10.0 Å². The van der Waals surface area contributed by atoms with E-state index in [2.05, 4.69) is 37.6 Å². The van der Waals surface area contributed by atoms with Crippen molar-refractivity contribution in [3.8, 4) is 0 Å². The summed E-state index contributed by atoms with van der Waals surface area (Å²) in [6, 6.07) is 8.20. The molecule has 1 N–H and O–H groups in total. The summed E-state index contributed by atoms with van der Waals surface area (Å²) in [5.74, 6) is 0.111. The minimum absolute atomic E-state index is 0.0136. The van der Waals surface area contributed by atoms with Crippen molar-refractivity contribution in [3.63, 3.8) is 0 Å². The van der Waals surface area contributed by atoms with Crippen LogP contribution in [0.2, 0.25) is 0 Å². The van der Waals surface area contributed by atoms with E-state index in [1.165, 1.54) is 5.56 Å². The molecule has 0 aliphatic rings. The van der Waals surface area contributed by atoms with Crippen LogP contribution in [0.3, 0.4) is 0 Å². The summed E-state index contributed by atoms with van der Waals surface area (Å²) in [7, 11) is -3.22. The fraction of sp³-hybridized carbons (Fsp3) is 0.625. The van der Waals surface area contributed by atoms with Gasteiger partial charge < -0.3 is 0 Å². The standard InChI is InChI=1S/C16H27NO2S/c1-12(2)17-20(18,19)11-13(3)14-7-9-15(10-8-14)16(4,5)6/h7-10,12-13,17H,11H2,1-6H3. The molecule has 0 aliphatic heterocycles. The highest BCUT2D eigenvalue weighted by Gasteiger charge is 2.19. The molecule has 0 radical (unpaired) electrons. The summed E-state index contributed by atoms with van der Waals surface area (Å²) in [5, 5.41) is 0. The van der Waals surface area contributed by atoms with Gasteiger partial charge in [0.25, 0.3) is 0 Å². The van der Waals surface area contributed by atoms with Gasteiger partial charge in [0.2, 0.25) is 10.0 Å². The molecule has 0 heterocycles. The number of nitrogens with one attached hydrogen (secondary N) is 1. The van der Waals surface area contributed by atoms with Gasteiger partial charge in [-0.15, -0.1) is 0 Å². The van der Waals surface area contributed by atoms with E-state index in [0.717, 1.165) is 5.56 Å². The topological polar surface area (TPSA) is 46.2 Å². The Labute approximate surface area is 123 Å². The average Bonchev–Trinajstić information content (AvgIpc) is 2.25. The summed E-state index contributed by atoms with van der Waals surface area (Å²) in [6.45, 7) is 12.1. The maximum Gasteiger partial charge on any atom is 0.212 e. The normalized spacial score (nSPS) is 14.6. The number of benzene rings is 1. The molecule has 1 rings (SSSR count). The molecule has 0 fully saturated rings. The van der Waals surface area contributed by atoms with Crippen molar-refractivity contribution in [3.05, 3.63) is 35.4 Å². The first-order valence-corrected chi connectivity index (χ1v) is 8.77. The van der Waals surface area contributed by atoms with Crippen molar-refractivity contribution < 1.29 is 8.42 Å². The maximum atomic E-state index is 11.9. The van der Waals surface area contributed by atoms with E-state index in [4.69, 9.17) is 0 Å². The molecule has 1 aromatic carbocycles. The van der Waals surface area contributed by atoms with Crippen LogP contribution in [0.1, 0.15) is 58.6 Å². The van der Waals surface area contributed by atoms with Gasteiger partial charge >= 0.3 is 0 Å². The fourth-order valence-corrected chi connectivity index (χ4v) is 3.81. The summed E-state index contributed by atoms with van der Waals surface area (Å²) < 4.78 is 26.5. The van der Waals surface area contributed by atoms with Crippen LogP contribution in [0, 0.1) is 0 Å². The van der Waals surface area contributed by atoms with Crippen LogP contribution >= 0.6 is 0 Å². The van der Waals surface area contributed by atoms with Crippen molar-refractivity contribution >= 4 is 10.0 Å². The highest BCUT2D eigenvalue weighted by atomic mass is 32.2. The number of rotatable bonds is 5. The Morgan fingerprint density at radius 2 is 1.55 bits per heavy atom. The van der Waals surface area contributed by atoms with Crippen LogP contribution in [-0.4, -0.2) is 20.2 Å². The van der Waals surface area contributed by atoms with Crippen LogP contribution < -0.4 is 4.72 Å². The third-order valence-corrected chi connectivity index (χ3v) is 5.00. The Morgan fingerprint density at radius 3 is 1.95 bits per heavy atom. The molecular weight excluding hydrogens is 270 g/mol. The first-order chi connectivity index (χ1) is 9.01. The van der Waals surface area contributed by atoms with Crippen LogP contribution in [0.25, 0.3) is 0 Å². The lowest BCUT2D eigenvalue weighted by atomic mass is 9.86. The van der Waals surface area contributed by atoms with Gasteiger partial charge in [0.15, 0.2) is 0 Å². The first kappa shape index (κ1) is 17.2. The molecule has 4 heteroatoms. The summed E-state index contributed by atoms with van der Waals surface area (Å²) >= 11 is 0. The smallest absolute Gasteiger partial charge is 0.212 e. The second-order valence-corrected chi connectivity index (χ2v) is 8.63. The molecule has 0 bridgehead atoms. The van der Waals surface area contributed by atoms with Gasteiger partial charge in [-0.05, 0) is 36.3 Å². The zero-order valence-electron chi connectivity index (χ0n) is 13.4. The minimum Gasteiger partial charge on any atom is -0.213 e. The SMILES string of the molecule is CC(C)NS(=O)(=O)CC(C)c1ccc(C(C)(C)C)cc1. The van der Waals surface area contributed by atoms with Crippen LogP contribution in [-0.2, 0) is 15.4 Å². The molecule has 1 unspecified atom stereocenters. The lowest BCUT2D eigenvalue weighted by Crippen LogP contribution is -2.33. The lowest BCUT2D eigenvalue weighted by molar-refractivity contribution is 0.564. The molecule has 114 valence electrons. The van der Waals surface area contributed by atoms with Gasteiger partial charge in [0.05, 0.1) is 5.75 Å². The van der Waals surface area contributed by atoms with Gasteiger partial charge in [0.1, 0.15) is 0 Å². The minimum atomic E-state index is -3.22. The van der Waals surface area contributed by atoms with Gasteiger partial charge in [-0.1, -0.05) is 52.0 Å². The summed E-state index contributed by atoms with van der Waals surface area (Å²) in [6.07, 6.45) is 0. The van der Waals surface area contributed by atoms with E-state index in [-0.39, 0.29) is 23.1 Å². The third kappa shape index (κ3) is 5.25. The van der Waals surface area contributed by atoms with E-state index in [1.54, 1.807) is 0 Å². The zero-order valence-corrected chi connectivity index (χ0v) is 14.2. The molecule has 0 saturated heterocycles. The Balaban J connectivity index is 2.81. The zero-order chi connectivity index (χ0) is 15.6. The monoisotopic (exact) mass is 297 g/mol. The van der Waals surface area contributed by atoms with E-state index in [1.807, 2.05) is 32.9 Å². The van der Waals surface area contributed by atoms with Crippen LogP contribution in [0.5, 0.6) is 0 Å². The molecule has 20 heavy (non-hydrogen) atoms. The second-order valence-electron chi connectivity index (χ2n) is 6.83. The fourth-order valence-electron chi connectivity index (χ4n) is 2.14. The Morgan fingerprint density at radius 1 is 1.05 bits per heavy atom. The second kappa shape index (κ2) is 6.27. The van der Waals surface area contributed by atoms with Crippen molar-refractivity contribution in [2.75, 3.05) is 5.75 Å². The van der Waals surface area contributed by atoms with Crippen molar-refractivity contribution in [2.45, 2.75) is 58.9 Å². The predicted molar refractivity (Wildman–Crippen MR) is 85.6 cm³/mol. The van der Waals surface area contributed by atoms with E-state index in [9.17, 15) is 8.42 Å². The Bertz CT molecular complexity index is 525. The number of hydrogen-bond donors (Lipinski definition) is 1. The first-order valence-electron chi connectivity index (χ1n) is 7.12. The quantitative estimate of drug-likeness (QED) is 0.905. The largest absolute Gasteiger partial charge is 0.213 e. The third-order valence-electron chi connectivity index (χ3n) is 3.23. The van der Waals surface area contributed by atoms with Crippen LogP contribution in [0.15, 0.2) is 24.3 Å². The molecule has 0 aromatic heterocycles. The van der Waals surface area contributed by atoms with Gasteiger partial charge in [-0.3, -0.25) is 0 Å². The van der Waals surface area contributed by atoms with Crippen molar-refractivity contribution in [2.24, 2.45) is 0 Å². The molecule has 0 amide bonds. The Kier molecular flexibility index (Phi) is 5.39. The Hall–Kier alpha value is -0.870. The van der Waals surface area contributed by atoms with Crippen LogP contribution in [0.4, 0.5) is 0 Å². The predicted octanol–water partition coefficient (Wildman–Crippen LogP) is 3.42. The van der Waals surface area contributed by atoms with Crippen molar-refractivity contribution in [1.82, 2.24) is 4.72 Å². The molecular formula is C16H27NO2S. The molecule has 0 spiro atoms. The summed E-state index contributed by atoms with van der Waals surface area (Å²) in [4.78, 5) is 0. The highest BCUT2D eigenvalue weighted by Crippen LogP contribution is 2.25. The van der Waals surface area contributed by atoms with Crippen molar-refractivity contribution in [1.29, 1.82) is 0 Å². The van der Waals surface area contributed by atoms with Gasteiger partial charge in [-0.25, -0.2) is 13.1 Å². The summed E-state index contributed by atoms with van der Waals surface area (Å²) in [5.41, 5.74) is 2.44. The molecule has 0 saturated carbocycles. The van der Waals surface area contributed by atoms with E-state index in [0.29, 0.717) is 0 Å². The molecule has 0 aliphatic carbocycles. The molecule has 1 aromatic rings. The van der Waals surface area contributed by atoms with Gasteiger partial charge in [-0.2, -0.15) is 0 Å². The number of sulfonamides is 1.